The molecule has 6 heteroatoms. The number of anilines is 1. The summed E-state index contributed by atoms with van der Waals surface area (Å²) in [7, 11) is 0. The number of carbonyl (C=O) groups excluding carboxylic acids is 2. The SMILES string of the molecule is O=C(N/N=C/c1c2ccccc2cc2ccccc12)C(=O)Nc1ccc(F)cc1. The molecule has 142 valence electrons. The first-order valence-corrected chi connectivity index (χ1v) is 8.92. The summed E-state index contributed by atoms with van der Waals surface area (Å²) >= 11 is 0. The van der Waals surface area contributed by atoms with Gasteiger partial charge in [0.05, 0.1) is 6.21 Å². The van der Waals surface area contributed by atoms with Crippen LogP contribution in [0.4, 0.5) is 10.1 Å². The van der Waals surface area contributed by atoms with Gasteiger partial charge in [0.15, 0.2) is 0 Å². The number of rotatable bonds is 3. The normalized spacial score (nSPS) is 11.1. The molecule has 4 rings (SSSR count). The summed E-state index contributed by atoms with van der Waals surface area (Å²) in [6, 6.07) is 23.0. The molecule has 0 unspecified atom stereocenters. The summed E-state index contributed by atoms with van der Waals surface area (Å²) < 4.78 is 12.9. The van der Waals surface area contributed by atoms with E-state index >= 15 is 0 Å². The number of nitrogens with zero attached hydrogens (tertiary/aromatic N) is 1. The standard InChI is InChI=1S/C23H16FN3O2/c24-17-9-11-18(12-10-17)26-22(28)23(29)27-25-14-21-19-7-3-1-5-15(19)13-16-6-2-4-8-20(16)21/h1-14H,(H,26,28)(H,27,29)/b25-14+. The van der Waals surface area contributed by atoms with E-state index in [2.05, 4.69) is 21.9 Å². The molecule has 2 amide bonds. The fraction of sp³-hybridized carbons (Fsp3) is 0. The third-order valence-electron chi connectivity index (χ3n) is 4.48. The minimum atomic E-state index is -0.921. The lowest BCUT2D eigenvalue weighted by molar-refractivity contribution is -0.136. The molecule has 0 aromatic heterocycles. The van der Waals surface area contributed by atoms with Crippen LogP contribution in [0.2, 0.25) is 0 Å². The summed E-state index contributed by atoms with van der Waals surface area (Å²) in [4.78, 5) is 24.0. The van der Waals surface area contributed by atoms with E-state index in [1.165, 1.54) is 30.5 Å². The molecule has 0 aliphatic rings. The molecule has 0 heterocycles. The van der Waals surface area contributed by atoms with E-state index in [1.807, 2.05) is 48.5 Å². The lowest BCUT2D eigenvalue weighted by Crippen LogP contribution is -2.32. The van der Waals surface area contributed by atoms with Gasteiger partial charge in [-0.2, -0.15) is 5.10 Å². The van der Waals surface area contributed by atoms with Gasteiger partial charge in [0, 0.05) is 11.3 Å². The lowest BCUT2D eigenvalue weighted by atomic mass is 9.97. The molecule has 29 heavy (non-hydrogen) atoms. The number of fused-ring (bicyclic) bond motifs is 2. The Labute approximate surface area is 165 Å². The molecule has 0 aliphatic carbocycles. The first kappa shape index (κ1) is 18.3. The summed E-state index contributed by atoms with van der Waals surface area (Å²) in [5.74, 6) is -2.24. The monoisotopic (exact) mass is 385 g/mol. The maximum atomic E-state index is 12.9. The highest BCUT2D eigenvalue weighted by Crippen LogP contribution is 2.27. The van der Waals surface area contributed by atoms with Gasteiger partial charge >= 0.3 is 11.8 Å². The first-order chi connectivity index (χ1) is 14.1. The van der Waals surface area contributed by atoms with E-state index < -0.39 is 17.6 Å². The van der Waals surface area contributed by atoms with E-state index in [-0.39, 0.29) is 0 Å². The van der Waals surface area contributed by atoms with Crippen molar-refractivity contribution in [2.45, 2.75) is 0 Å². The predicted molar refractivity (Wildman–Crippen MR) is 112 cm³/mol. The van der Waals surface area contributed by atoms with Crippen LogP contribution in [-0.4, -0.2) is 18.0 Å². The van der Waals surface area contributed by atoms with Crippen molar-refractivity contribution in [2.75, 3.05) is 5.32 Å². The summed E-state index contributed by atoms with van der Waals surface area (Å²) in [6.07, 6.45) is 1.54. The highest BCUT2D eigenvalue weighted by atomic mass is 19.1. The number of halogens is 1. The Bertz CT molecular complexity index is 1200. The molecule has 4 aromatic carbocycles. The van der Waals surface area contributed by atoms with Crippen LogP contribution in [0.5, 0.6) is 0 Å². The van der Waals surface area contributed by atoms with Crippen LogP contribution in [0.1, 0.15) is 5.56 Å². The number of benzene rings is 4. The lowest BCUT2D eigenvalue weighted by Gasteiger charge is -2.08. The van der Waals surface area contributed by atoms with E-state index in [0.29, 0.717) is 5.69 Å². The van der Waals surface area contributed by atoms with Crippen molar-refractivity contribution < 1.29 is 14.0 Å². The Morgan fingerprint density at radius 1 is 0.793 bits per heavy atom. The largest absolute Gasteiger partial charge is 0.329 e. The molecule has 0 atom stereocenters. The Morgan fingerprint density at radius 2 is 1.38 bits per heavy atom. The van der Waals surface area contributed by atoms with Gasteiger partial charge in [0.25, 0.3) is 0 Å². The number of hydrogen-bond donors (Lipinski definition) is 2. The average molecular weight is 385 g/mol. The molecule has 0 saturated heterocycles. The van der Waals surface area contributed by atoms with Crippen LogP contribution in [-0.2, 0) is 9.59 Å². The van der Waals surface area contributed by atoms with Gasteiger partial charge in [0.2, 0.25) is 0 Å². The quantitative estimate of drug-likeness (QED) is 0.240. The minimum absolute atomic E-state index is 0.315. The zero-order valence-electron chi connectivity index (χ0n) is 15.2. The maximum Gasteiger partial charge on any atom is 0.329 e. The van der Waals surface area contributed by atoms with Gasteiger partial charge in [-0.25, -0.2) is 9.82 Å². The Balaban J connectivity index is 1.55. The third-order valence-corrected chi connectivity index (χ3v) is 4.48. The Morgan fingerprint density at radius 3 is 2.00 bits per heavy atom. The molecule has 0 spiro atoms. The van der Waals surface area contributed by atoms with Crippen LogP contribution in [0.25, 0.3) is 21.5 Å². The number of amides is 2. The van der Waals surface area contributed by atoms with Crippen molar-refractivity contribution in [3.05, 3.63) is 90.2 Å². The van der Waals surface area contributed by atoms with Crippen molar-refractivity contribution >= 4 is 45.3 Å². The first-order valence-electron chi connectivity index (χ1n) is 8.92. The molecular formula is C23H16FN3O2. The topological polar surface area (TPSA) is 70.6 Å². The number of hydrogen-bond acceptors (Lipinski definition) is 3. The van der Waals surface area contributed by atoms with Crippen LogP contribution in [0.3, 0.4) is 0 Å². The predicted octanol–water partition coefficient (Wildman–Crippen LogP) is 4.22. The zero-order valence-corrected chi connectivity index (χ0v) is 15.2. The van der Waals surface area contributed by atoms with Gasteiger partial charge in [-0.1, -0.05) is 48.5 Å². The zero-order chi connectivity index (χ0) is 20.2. The molecule has 0 saturated carbocycles. The van der Waals surface area contributed by atoms with Gasteiger partial charge in [0.1, 0.15) is 5.82 Å². The van der Waals surface area contributed by atoms with Gasteiger partial charge in [-0.15, -0.1) is 0 Å². The summed E-state index contributed by atoms with van der Waals surface area (Å²) in [6.45, 7) is 0. The van der Waals surface area contributed by atoms with Crippen molar-refractivity contribution in [3.63, 3.8) is 0 Å². The fourth-order valence-electron chi connectivity index (χ4n) is 3.12. The molecule has 0 radical (unpaired) electrons. The molecule has 4 aromatic rings. The van der Waals surface area contributed by atoms with E-state index in [4.69, 9.17) is 0 Å². The van der Waals surface area contributed by atoms with Crippen molar-refractivity contribution in [3.8, 4) is 0 Å². The second kappa shape index (κ2) is 7.90. The Hall–Kier alpha value is -4.06. The smallest absolute Gasteiger partial charge is 0.318 e. The van der Waals surface area contributed by atoms with Crippen LogP contribution in [0, 0.1) is 5.82 Å². The Kier molecular flexibility index (Phi) is 4.99. The van der Waals surface area contributed by atoms with E-state index in [1.54, 1.807) is 0 Å². The number of carbonyl (C=O) groups is 2. The van der Waals surface area contributed by atoms with Crippen molar-refractivity contribution in [1.29, 1.82) is 0 Å². The van der Waals surface area contributed by atoms with Crippen molar-refractivity contribution in [1.82, 2.24) is 5.43 Å². The second-order valence-corrected chi connectivity index (χ2v) is 6.39. The highest BCUT2D eigenvalue weighted by molar-refractivity contribution is 6.39. The molecule has 0 bridgehead atoms. The summed E-state index contributed by atoms with van der Waals surface area (Å²) in [5, 5.41) is 10.4. The third kappa shape index (κ3) is 3.96. The second-order valence-electron chi connectivity index (χ2n) is 6.39. The summed E-state index contributed by atoms with van der Waals surface area (Å²) in [5.41, 5.74) is 3.40. The van der Waals surface area contributed by atoms with Gasteiger partial charge in [-0.3, -0.25) is 9.59 Å². The number of hydrazone groups is 1. The fourth-order valence-corrected chi connectivity index (χ4v) is 3.12. The van der Waals surface area contributed by atoms with E-state index in [0.717, 1.165) is 27.1 Å². The molecule has 0 fully saturated rings. The van der Waals surface area contributed by atoms with Crippen LogP contribution < -0.4 is 10.7 Å². The van der Waals surface area contributed by atoms with Gasteiger partial charge < -0.3 is 5.32 Å². The number of nitrogens with one attached hydrogen (secondary N) is 2. The molecule has 5 nitrogen and oxygen atoms in total. The van der Waals surface area contributed by atoms with Crippen LogP contribution >= 0.6 is 0 Å². The molecule has 0 aliphatic heterocycles. The van der Waals surface area contributed by atoms with Crippen molar-refractivity contribution in [2.24, 2.45) is 5.10 Å². The van der Waals surface area contributed by atoms with Crippen LogP contribution in [0.15, 0.2) is 84.0 Å². The highest BCUT2D eigenvalue weighted by Gasteiger charge is 2.13. The van der Waals surface area contributed by atoms with E-state index in [9.17, 15) is 14.0 Å². The van der Waals surface area contributed by atoms with Gasteiger partial charge in [-0.05, 0) is 51.9 Å². The molecule has 2 N–H and O–H groups in total. The maximum absolute atomic E-state index is 12.9. The molecular weight excluding hydrogens is 369 g/mol. The minimum Gasteiger partial charge on any atom is -0.318 e. The average Bonchev–Trinajstić information content (AvgIpc) is 2.74.